The quantitative estimate of drug-likeness (QED) is 0.570. The van der Waals surface area contributed by atoms with Crippen LogP contribution in [0.2, 0.25) is 0 Å². The van der Waals surface area contributed by atoms with Crippen molar-refractivity contribution < 1.29 is 14.6 Å². The summed E-state index contributed by atoms with van der Waals surface area (Å²) in [6.07, 6.45) is 4.14. The molecule has 0 atom stereocenters. The van der Waals surface area contributed by atoms with E-state index in [2.05, 4.69) is 13.8 Å². The molecule has 0 aliphatic heterocycles. The molecule has 22 heavy (non-hydrogen) atoms. The molecule has 122 valence electrons. The Morgan fingerprint density at radius 2 is 2.18 bits per heavy atom. The maximum Gasteiger partial charge on any atom is 0.246 e. The van der Waals surface area contributed by atoms with Gasteiger partial charge in [-0.2, -0.15) is 0 Å². The lowest BCUT2D eigenvalue weighted by molar-refractivity contribution is -0.125. The van der Waals surface area contributed by atoms with E-state index >= 15 is 0 Å². The monoisotopic (exact) mass is 306 g/mol. The van der Waals surface area contributed by atoms with Crippen molar-refractivity contribution in [3.05, 3.63) is 29.8 Å². The second-order valence-corrected chi connectivity index (χ2v) is 5.64. The summed E-state index contributed by atoms with van der Waals surface area (Å²) < 4.78 is 5.65. The minimum Gasteiger partial charge on any atom is -0.491 e. The van der Waals surface area contributed by atoms with Crippen molar-refractivity contribution in [3.8, 4) is 5.75 Å². The van der Waals surface area contributed by atoms with Crippen LogP contribution in [0.3, 0.4) is 0 Å². The highest BCUT2D eigenvalue weighted by molar-refractivity contribution is 5.91. The molecular weight excluding hydrogens is 280 g/mol. The minimum absolute atomic E-state index is 0.0502. The van der Waals surface area contributed by atoms with Crippen molar-refractivity contribution in [2.45, 2.75) is 20.3 Å². The maximum atomic E-state index is 11.7. The first kappa shape index (κ1) is 18.0. The van der Waals surface area contributed by atoms with E-state index in [-0.39, 0.29) is 12.5 Å². The third-order valence-corrected chi connectivity index (χ3v) is 3.22. The van der Waals surface area contributed by atoms with E-state index in [9.17, 15) is 4.79 Å². The van der Waals surface area contributed by atoms with Gasteiger partial charge in [-0.3, -0.25) is 4.79 Å². The molecule has 0 aliphatic rings. The Labute approximate surface area is 132 Å². The molecule has 0 aromatic heterocycles. The fourth-order valence-electron chi connectivity index (χ4n) is 1.76. The number of ether oxygens (including phenoxy) is 1. The van der Waals surface area contributed by atoms with Gasteiger partial charge in [0, 0.05) is 19.7 Å². The number of aliphatic hydroxyl groups excluding tert-OH is 1. The van der Waals surface area contributed by atoms with Crippen LogP contribution in [0.25, 0.3) is 6.08 Å². The van der Waals surface area contributed by atoms with Gasteiger partial charge in [-0.1, -0.05) is 19.9 Å². The van der Waals surface area contributed by atoms with Gasteiger partial charge in [-0.05, 0) is 36.1 Å². The lowest BCUT2D eigenvalue weighted by atomic mass is 10.1. The van der Waals surface area contributed by atoms with Crippen molar-refractivity contribution in [1.29, 1.82) is 0 Å². The third kappa shape index (κ3) is 6.18. The van der Waals surface area contributed by atoms with Gasteiger partial charge in [0.2, 0.25) is 5.91 Å². The summed E-state index contributed by atoms with van der Waals surface area (Å²) in [6, 6.07) is 5.45. The largest absolute Gasteiger partial charge is 0.491 e. The number of rotatable bonds is 8. The predicted molar refractivity (Wildman–Crippen MR) is 89.6 cm³/mol. The van der Waals surface area contributed by atoms with Crippen LogP contribution in [-0.4, -0.2) is 42.7 Å². The molecule has 0 aliphatic carbocycles. The molecule has 0 radical (unpaired) electrons. The van der Waals surface area contributed by atoms with Gasteiger partial charge < -0.3 is 20.5 Å². The molecule has 1 aromatic carbocycles. The standard InChI is InChI=1S/C17H26N2O3/c1-13(2)8-11-22-16-6-4-14(12-15(16)18)5-7-17(21)19(3)9-10-20/h4-7,12-13,20H,8-11,18H2,1-3H3/b7-5-. The van der Waals surface area contributed by atoms with Crippen molar-refractivity contribution in [3.63, 3.8) is 0 Å². The number of likely N-dealkylation sites (N-methyl/N-ethyl adjacent to an activating group) is 1. The molecule has 0 bridgehead atoms. The summed E-state index contributed by atoms with van der Waals surface area (Å²) in [5.74, 6) is 1.09. The number of amides is 1. The van der Waals surface area contributed by atoms with Gasteiger partial charge in [0.15, 0.2) is 0 Å². The molecule has 0 spiro atoms. The second-order valence-electron chi connectivity index (χ2n) is 5.64. The summed E-state index contributed by atoms with van der Waals surface area (Å²) in [6.45, 7) is 5.19. The van der Waals surface area contributed by atoms with E-state index in [1.54, 1.807) is 19.2 Å². The Morgan fingerprint density at radius 1 is 1.45 bits per heavy atom. The zero-order chi connectivity index (χ0) is 16.5. The van der Waals surface area contributed by atoms with Gasteiger partial charge >= 0.3 is 0 Å². The number of benzene rings is 1. The van der Waals surface area contributed by atoms with E-state index in [4.69, 9.17) is 15.6 Å². The van der Waals surface area contributed by atoms with Gasteiger partial charge in [0.1, 0.15) is 5.75 Å². The Hall–Kier alpha value is -2.01. The Balaban J connectivity index is 2.63. The fourth-order valence-corrected chi connectivity index (χ4v) is 1.76. The molecule has 5 nitrogen and oxygen atoms in total. The molecule has 1 aromatic rings. The van der Waals surface area contributed by atoms with Crippen LogP contribution < -0.4 is 10.5 Å². The fraction of sp³-hybridized carbons (Fsp3) is 0.471. The van der Waals surface area contributed by atoms with E-state index in [1.165, 1.54) is 11.0 Å². The Bertz CT molecular complexity index is 513. The number of anilines is 1. The molecule has 1 rings (SSSR count). The molecule has 0 fully saturated rings. The van der Waals surface area contributed by atoms with Crippen LogP contribution in [-0.2, 0) is 4.79 Å². The smallest absolute Gasteiger partial charge is 0.246 e. The van der Waals surface area contributed by atoms with Crippen LogP contribution in [0.1, 0.15) is 25.8 Å². The first-order valence-electron chi connectivity index (χ1n) is 7.50. The number of carbonyl (C=O) groups is 1. The number of hydrogen-bond donors (Lipinski definition) is 2. The van der Waals surface area contributed by atoms with Crippen molar-refractivity contribution in [2.75, 3.05) is 32.5 Å². The van der Waals surface area contributed by atoms with Crippen LogP contribution in [0.4, 0.5) is 5.69 Å². The third-order valence-electron chi connectivity index (χ3n) is 3.22. The number of hydrogen-bond acceptors (Lipinski definition) is 4. The summed E-state index contributed by atoms with van der Waals surface area (Å²) in [5.41, 5.74) is 7.36. The molecule has 5 heteroatoms. The van der Waals surface area contributed by atoms with Gasteiger partial charge in [0.25, 0.3) is 0 Å². The van der Waals surface area contributed by atoms with Crippen LogP contribution in [0, 0.1) is 5.92 Å². The van der Waals surface area contributed by atoms with Crippen LogP contribution in [0.5, 0.6) is 5.75 Å². The second kappa shape index (κ2) is 9.10. The topological polar surface area (TPSA) is 75.8 Å². The highest BCUT2D eigenvalue weighted by Gasteiger charge is 2.04. The molecule has 1 amide bonds. The van der Waals surface area contributed by atoms with E-state index in [0.717, 1.165) is 12.0 Å². The Morgan fingerprint density at radius 3 is 2.77 bits per heavy atom. The molecule has 0 saturated heterocycles. The average molecular weight is 306 g/mol. The van der Waals surface area contributed by atoms with E-state index in [0.29, 0.717) is 30.5 Å². The van der Waals surface area contributed by atoms with E-state index in [1.807, 2.05) is 12.1 Å². The first-order valence-corrected chi connectivity index (χ1v) is 7.50. The average Bonchev–Trinajstić information content (AvgIpc) is 2.46. The zero-order valence-corrected chi connectivity index (χ0v) is 13.6. The molecule has 3 N–H and O–H groups in total. The zero-order valence-electron chi connectivity index (χ0n) is 13.6. The predicted octanol–water partition coefficient (Wildman–Crippen LogP) is 2.16. The van der Waals surface area contributed by atoms with Crippen molar-refractivity contribution >= 4 is 17.7 Å². The molecular formula is C17H26N2O3. The Kier molecular flexibility index (Phi) is 7.46. The SMILES string of the molecule is CC(C)CCOc1ccc(/C=C\C(=O)N(C)CCO)cc1N. The number of nitrogens with two attached hydrogens (primary N) is 1. The lowest BCUT2D eigenvalue weighted by Gasteiger charge is -2.13. The van der Waals surface area contributed by atoms with Crippen molar-refractivity contribution in [2.24, 2.45) is 5.92 Å². The van der Waals surface area contributed by atoms with Crippen LogP contribution in [0.15, 0.2) is 24.3 Å². The normalized spacial score (nSPS) is 11.1. The number of carbonyl (C=O) groups excluding carboxylic acids is 1. The summed E-state index contributed by atoms with van der Waals surface area (Å²) in [7, 11) is 1.64. The summed E-state index contributed by atoms with van der Waals surface area (Å²) in [4.78, 5) is 13.2. The first-order chi connectivity index (χ1) is 10.4. The lowest BCUT2D eigenvalue weighted by Crippen LogP contribution is -2.27. The maximum absolute atomic E-state index is 11.7. The van der Waals surface area contributed by atoms with Gasteiger partial charge in [0.05, 0.1) is 18.9 Å². The number of aliphatic hydroxyl groups is 1. The summed E-state index contributed by atoms with van der Waals surface area (Å²) >= 11 is 0. The van der Waals surface area contributed by atoms with Crippen LogP contribution >= 0.6 is 0 Å². The van der Waals surface area contributed by atoms with E-state index < -0.39 is 0 Å². The van der Waals surface area contributed by atoms with Crippen molar-refractivity contribution in [1.82, 2.24) is 4.90 Å². The summed E-state index contributed by atoms with van der Waals surface area (Å²) in [5, 5.41) is 8.79. The molecule has 0 unspecified atom stereocenters. The minimum atomic E-state index is -0.162. The van der Waals surface area contributed by atoms with Gasteiger partial charge in [-0.25, -0.2) is 0 Å². The number of nitrogen functional groups attached to an aromatic ring is 1. The highest BCUT2D eigenvalue weighted by Crippen LogP contribution is 2.23. The van der Waals surface area contributed by atoms with Gasteiger partial charge in [-0.15, -0.1) is 0 Å². The molecule has 0 saturated carbocycles. The highest BCUT2D eigenvalue weighted by atomic mass is 16.5. The molecule has 0 heterocycles. The number of nitrogens with zero attached hydrogens (tertiary/aromatic N) is 1.